The van der Waals surface area contributed by atoms with E-state index < -0.39 is 9.84 Å². The van der Waals surface area contributed by atoms with Gasteiger partial charge in [0.05, 0.1) is 24.9 Å². The molecule has 0 heterocycles. The monoisotopic (exact) mass is 419 g/mol. The minimum absolute atomic E-state index is 0.0804. The standard InChI is InChI=1S/C21H29N3O4S/c1-22-21(23-13-8-14-29(25,26)19-9-6-5-7-10-19)24(2)16-17-11-12-18(27-3)15-20(17)28-4/h5-7,9-12,15H,8,13-14,16H2,1-4H3,(H,22,23). The first-order valence-corrected chi connectivity index (χ1v) is 11.0. The summed E-state index contributed by atoms with van der Waals surface area (Å²) in [6.07, 6.45) is 0.482. The first-order valence-electron chi connectivity index (χ1n) is 9.31. The first kappa shape index (κ1) is 22.5. The van der Waals surface area contributed by atoms with Crippen LogP contribution in [-0.2, 0) is 16.4 Å². The Bertz CT molecular complexity index is 915. The molecule has 0 atom stereocenters. The molecule has 0 aliphatic carbocycles. The van der Waals surface area contributed by atoms with Crippen molar-refractivity contribution in [2.24, 2.45) is 4.99 Å². The fraction of sp³-hybridized carbons (Fsp3) is 0.381. The minimum atomic E-state index is -3.27. The predicted molar refractivity (Wildman–Crippen MR) is 115 cm³/mol. The van der Waals surface area contributed by atoms with Gasteiger partial charge in [0.1, 0.15) is 11.5 Å². The van der Waals surface area contributed by atoms with Crippen molar-refractivity contribution in [3.05, 3.63) is 54.1 Å². The molecule has 0 aliphatic heterocycles. The van der Waals surface area contributed by atoms with Gasteiger partial charge in [-0.25, -0.2) is 8.42 Å². The topological polar surface area (TPSA) is 80.2 Å². The fourth-order valence-corrected chi connectivity index (χ4v) is 4.24. The van der Waals surface area contributed by atoms with Gasteiger partial charge in [0, 0.05) is 38.8 Å². The number of benzene rings is 2. The van der Waals surface area contributed by atoms with Gasteiger partial charge in [-0.1, -0.05) is 18.2 Å². The zero-order chi connectivity index (χ0) is 21.3. The van der Waals surface area contributed by atoms with Crippen molar-refractivity contribution >= 4 is 15.8 Å². The van der Waals surface area contributed by atoms with Crippen molar-refractivity contribution in [1.29, 1.82) is 0 Å². The second kappa shape index (κ2) is 10.7. The van der Waals surface area contributed by atoms with Crippen molar-refractivity contribution < 1.29 is 17.9 Å². The van der Waals surface area contributed by atoms with E-state index in [2.05, 4.69) is 10.3 Å². The van der Waals surface area contributed by atoms with Crippen molar-refractivity contribution in [2.45, 2.75) is 17.9 Å². The Labute approximate surface area is 173 Å². The lowest BCUT2D eigenvalue weighted by atomic mass is 10.2. The largest absolute Gasteiger partial charge is 0.497 e. The molecule has 8 heteroatoms. The van der Waals surface area contributed by atoms with Gasteiger partial charge in [-0.05, 0) is 30.7 Å². The van der Waals surface area contributed by atoms with E-state index in [1.54, 1.807) is 51.6 Å². The molecule has 2 aromatic rings. The number of sulfone groups is 1. The average Bonchev–Trinajstić information content (AvgIpc) is 2.74. The third-order valence-corrected chi connectivity index (χ3v) is 6.27. The Hall–Kier alpha value is -2.74. The number of aliphatic imine (C=N–C) groups is 1. The second-order valence-corrected chi connectivity index (χ2v) is 8.60. The summed E-state index contributed by atoms with van der Waals surface area (Å²) in [6, 6.07) is 14.2. The molecule has 0 aliphatic rings. The third-order valence-electron chi connectivity index (χ3n) is 4.45. The molecule has 158 valence electrons. The summed E-state index contributed by atoms with van der Waals surface area (Å²) >= 11 is 0. The van der Waals surface area contributed by atoms with Gasteiger partial charge in [-0.3, -0.25) is 4.99 Å². The van der Waals surface area contributed by atoms with Gasteiger partial charge in [0.25, 0.3) is 0 Å². The minimum Gasteiger partial charge on any atom is -0.497 e. The number of hydrogen-bond donors (Lipinski definition) is 1. The Morgan fingerprint density at radius 3 is 2.45 bits per heavy atom. The molecule has 0 saturated carbocycles. The van der Waals surface area contributed by atoms with Crippen LogP contribution in [0.4, 0.5) is 0 Å². The van der Waals surface area contributed by atoms with Crippen molar-refractivity contribution in [3.63, 3.8) is 0 Å². The molecule has 0 aromatic heterocycles. The lowest BCUT2D eigenvalue weighted by molar-refractivity contribution is 0.382. The quantitative estimate of drug-likeness (QED) is 0.382. The molecule has 29 heavy (non-hydrogen) atoms. The lowest BCUT2D eigenvalue weighted by Crippen LogP contribution is -2.39. The van der Waals surface area contributed by atoms with Crippen molar-refractivity contribution in [1.82, 2.24) is 10.2 Å². The molecule has 7 nitrogen and oxygen atoms in total. The van der Waals surface area contributed by atoms with Crippen LogP contribution >= 0.6 is 0 Å². The van der Waals surface area contributed by atoms with Crippen LogP contribution in [0.5, 0.6) is 11.5 Å². The summed E-state index contributed by atoms with van der Waals surface area (Å²) in [5.41, 5.74) is 0.991. The lowest BCUT2D eigenvalue weighted by Gasteiger charge is -2.23. The van der Waals surface area contributed by atoms with E-state index >= 15 is 0 Å². The molecule has 2 rings (SSSR count). The number of hydrogen-bond acceptors (Lipinski definition) is 5. The Kier molecular flexibility index (Phi) is 8.33. The molecule has 1 N–H and O–H groups in total. The molecular formula is C21H29N3O4S. The van der Waals surface area contributed by atoms with E-state index in [1.165, 1.54) is 0 Å². The second-order valence-electron chi connectivity index (χ2n) is 6.49. The normalized spacial score (nSPS) is 11.8. The van der Waals surface area contributed by atoms with Crippen molar-refractivity contribution in [3.8, 4) is 11.5 Å². The van der Waals surface area contributed by atoms with E-state index in [4.69, 9.17) is 9.47 Å². The number of guanidine groups is 1. The summed E-state index contributed by atoms with van der Waals surface area (Å²) in [5, 5.41) is 3.22. The number of rotatable bonds is 9. The van der Waals surface area contributed by atoms with Crippen LogP contribution in [0.2, 0.25) is 0 Å². The average molecular weight is 420 g/mol. The highest BCUT2D eigenvalue weighted by Gasteiger charge is 2.14. The Morgan fingerprint density at radius 1 is 1.10 bits per heavy atom. The van der Waals surface area contributed by atoms with Gasteiger partial charge in [-0.15, -0.1) is 0 Å². The highest BCUT2D eigenvalue weighted by Crippen LogP contribution is 2.25. The van der Waals surface area contributed by atoms with Crippen LogP contribution in [-0.4, -0.2) is 59.9 Å². The third kappa shape index (κ3) is 6.39. The Balaban J connectivity index is 1.90. The summed E-state index contributed by atoms with van der Waals surface area (Å²) < 4.78 is 35.4. The molecule has 0 unspecified atom stereocenters. The first-order chi connectivity index (χ1) is 13.9. The van der Waals surface area contributed by atoms with E-state index in [1.807, 2.05) is 30.1 Å². The molecule has 0 radical (unpaired) electrons. The van der Waals surface area contributed by atoms with E-state index in [0.29, 0.717) is 30.4 Å². The molecule has 0 spiro atoms. The number of nitrogens with zero attached hydrogens (tertiary/aromatic N) is 2. The summed E-state index contributed by atoms with van der Waals surface area (Å²) in [4.78, 5) is 6.59. The highest BCUT2D eigenvalue weighted by atomic mass is 32.2. The summed E-state index contributed by atoms with van der Waals surface area (Å²) in [7, 11) is 3.58. The molecule has 0 saturated heterocycles. The van der Waals surface area contributed by atoms with Crippen LogP contribution in [0.25, 0.3) is 0 Å². The highest BCUT2D eigenvalue weighted by molar-refractivity contribution is 7.91. The maximum absolute atomic E-state index is 12.4. The van der Waals surface area contributed by atoms with E-state index in [-0.39, 0.29) is 5.75 Å². The van der Waals surface area contributed by atoms with Crippen LogP contribution in [0.15, 0.2) is 58.4 Å². The van der Waals surface area contributed by atoms with Gasteiger partial charge >= 0.3 is 0 Å². The van der Waals surface area contributed by atoms with E-state index in [0.717, 1.165) is 17.1 Å². The SMILES string of the molecule is CN=C(NCCCS(=O)(=O)c1ccccc1)N(C)Cc1ccc(OC)cc1OC. The molecule has 0 fully saturated rings. The van der Waals surface area contributed by atoms with Crippen LogP contribution in [0.1, 0.15) is 12.0 Å². The smallest absolute Gasteiger partial charge is 0.193 e. The fourth-order valence-electron chi connectivity index (χ4n) is 2.91. The predicted octanol–water partition coefficient (Wildman–Crippen LogP) is 2.58. The summed E-state index contributed by atoms with van der Waals surface area (Å²) in [5.74, 6) is 2.23. The van der Waals surface area contributed by atoms with Gasteiger partial charge in [0.15, 0.2) is 15.8 Å². The van der Waals surface area contributed by atoms with E-state index in [9.17, 15) is 8.42 Å². The van der Waals surface area contributed by atoms with Gasteiger partial charge in [0.2, 0.25) is 0 Å². The maximum atomic E-state index is 12.4. The Morgan fingerprint density at radius 2 is 1.83 bits per heavy atom. The molecular weight excluding hydrogens is 390 g/mol. The van der Waals surface area contributed by atoms with Gasteiger partial charge in [-0.2, -0.15) is 0 Å². The number of nitrogens with one attached hydrogen (secondary N) is 1. The van der Waals surface area contributed by atoms with Crippen LogP contribution < -0.4 is 14.8 Å². The summed E-state index contributed by atoms with van der Waals surface area (Å²) in [6.45, 7) is 1.08. The number of methoxy groups -OCH3 is 2. The maximum Gasteiger partial charge on any atom is 0.193 e. The van der Waals surface area contributed by atoms with Crippen LogP contribution in [0.3, 0.4) is 0 Å². The molecule has 0 amide bonds. The molecule has 2 aromatic carbocycles. The van der Waals surface area contributed by atoms with Crippen LogP contribution in [0, 0.1) is 0 Å². The molecule has 0 bridgehead atoms. The van der Waals surface area contributed by atoms with Crippen molar-refractivity contribution in [2.75, 3.05) is 40.6 Å². The van der Waals surface area contributed by atoms with Gasteiger partial charge < -0.3 is 19.7 Å². The zero-order valence-electron chi connectivity index (χ0n) is 17.4. The number of ether oxygens (including phenoxy) is 2. The zero-order valence-corrected chi connectivity index (χ0v) is 18.2.